The van der Waals surface area contributed by atoms with E-state index in [1.165, 1.54) is 0 Å². The molecule has 39 heavy (non-hydrogen) atoms. The molecule has 0 unspecified atom stereocenters. The van der Waals surface area contributed by atoms with Crippen LogP contribution in [0.3, 0.4) is 0 Å². The van der Waals surface area contributed by atoms with E-state index >= 15 is 0 Å². The van der Waals surface area contributed by atoms with Crippen LogP contribution < -0.4 is 62.2 Å². The molecule has 0 aliphatic carbocycles. The largest absolute Gasteiger partial charge is 1.00 e. The first kappa shape index (κ1) is 40.4. The van der Waals surface area contributed by atoms with Crippen molar-refractivity contribution in [1.29, 1.82) is 0 Å². The molecule has 226 valence electrons. The normalized spacial score (nSPS) is 15.8. The molecule has 0 saturated carbocycles. The molecule has 0 aliphatic rings. The van der Waals surface area contributed by atoms with E-state index in [9.17, 15) is 97.8 Å². The summed E-state index contributed by atoms with van der Waals surface area (Å²) < 4.78 is 248. The Balaban J connectivity index is 0. The molecule has 0 radical (unpaired) electrons. The maximum atomic E-state index is 13.7. The van der Waals surface area contributed by atoms with Crippen molar-refractivity contribution in [2.45, 2.75) is 65.8 Å². The van der Waals surface area contributed by atoms with E-state index in [4.69, 9.17) is 0 Å². The van der Waals surface area contributed by atoms with Gasteiger partial charge in [0.05, 0.1) is 0 Å². The topological polar surface area (TPSA) is 127 Å². The van der Waals surface area contributed by atoms with Gasteiger partial charge in [0, 0.05) is 5.97 Å². The smallest absolute Gasteiger partial charge is 0.550 e. The molecule has 7 nitrogen and oxygen atoms in total. The molecule has 0 fully saturated rings. The number of carbonyl (C=O) groups excluding carboxylic acids is 2. The van der Waals surface area contributed by atoms with E-state index in [2.05, 4.69) is 9.92 Å². The molecule has 0 aromatic rings. The number of carboxylic acid groups (broad SMARTS) is 1. The van der Waals surface area contributed by atoms with Gasteiger partial charge in [0.25, 0.3) is 0 Å². The fraction of sp³-hybridized carbons (Fsp3) is 0.846. The first-order valence-corrected chi connectivity index (χ1v) is 9.78. The second kappa shape index (κ2) is 11.5. The van der Waals surface area contributed by atoms with E-state index in [1.807, 2.05) is 0 Å². The molecule has 0 aliphatic heterocycles. The van der Waals surface area contributed by atoms with Gasteiger partial charge in [-0.1, -0.05) is 0 Å². The summed E-state index contributed by atoms with van der Waals surface area (Å²) in [6, 6.07) is -2.71. The fourth-order valence-electron chi connectivity index (χ4n) is 1.92. The van der Waals surface area contributed by atoms with Crippen molar-refractivity contribution in [2.75, 3.05) is 0 Å². The summed E-state index contributed by atoms with van der Waals surface area (Å²) in [6.07, 6.45) is -10.6. The SMILES string of the molecule is N[C@@H](CCC(=O)[O-])C(=O)OS(=O)(=O)C(F)(F)C(F)(F)C(F)(F)C(F)(F)C(F)(F)C(F)(F)C(F)(F)C(F)(F)F.[K+]. The van der Waals surface area contributed by atoms with E-state index in [-0.39, 0.29) is 51.4 Å². The van der Waals surface area contributed by atoms with Crippen molar-refractivity contribution in [3.63, 3.8) is 0 Å². The summed E-state index contributed by atoms with van der Waals surface area (Å²) in [5, 5.41) is 2.08. The molecule has 2 N–H and O–H groups in total. The molecule has 26 heteroatoms. The van der Waals surface area contributed by atoms with Gasteiger partial charge in [0.2, 0.25) is 0 Å². The number of aliphatic carboxylic acids is 1. The van der Waals surface area contributed by atoms with Crippen molar-refractivity contribution in [3.8, 4) is 0 Å². The van der Waals surface area contributed by atoms with Crippen molar-refractivity contribution in [1.82, 2.24) is 0 Å². The van der Waals surface area contributed by atoms with Crippen LogP contribution in [0.15, 0.2) is 0 Å². The van der Waals surface area contributed by atoms with Crippen molar-refractivity contribution in [3.05, 3.63) is 0 Å². The van der Waals surface area contributed by atoms with Crippen molar-refractivity contribution in [2.24, 2.45) is 5.73 Å². The number of halogens is 17. The van der Waals surface area contributed by atoms with Gasteiger partial charge in [-0.3, -0.25) is 0 Å². The van der Waals surface area contributed by atoms with Gasteiger partial charge in [-0.25, -0.2) is 4.79 Å². The first-order chi connectivity index (χ1) is 16.2. The van der Waals surface area contributed by atoms with Gasteiger partial charge in [-0.05, 0) is 12.8 Å². The third-order valence-corrected chi connectivity index (χ3v) is 5.43. The van der Waals surface area contributed by atoms with Crippen LogP contribution in [-0.4, -0.2) is 73.4 Å². The molecule has 0 spiro atoms. The van der Waals surface area contributed by atoms with Gasteiger partial charge < -0.3 is 19.8 Å². The van der Waals surface area contributed by atoms with Crippen LogP contribution >= 0.6 is 0 Å². The molecule has 1 atom stereocenters. The summed E-state index contributed by atoms with van der Waals surface area (Å²) in [7, 11) is -8.13. The third-order valence-electron chi connectivity index (χ3n) is 4.16. The molecule has 0 amide bonds. The Morgan fingerprint density at radius 3 is 1.28 bits per heavy atom. The van der Waals surface area contributed by atoms with Crippen LogP contribution in [0.1, 0.15) is 12.8 Å². The quantitative estimate of drug-likeness (QED) is 0.172. The summed E-state index contributed by atoms with van der Waals surface area (Å²) in [5.41, 5.74) is 4.68. The second-order valence-corrected chi connectivity index (χ2v) is 8.42. The number of nitrogens with two attached hydrogens (primary N) is 1. The summed E-state index contributed by atoms with van der Waals surface area (Å²) in [5.74, 6) is -57.8. The Labute approximate surface area is 245 Å². The zero-order valence-electron chi connectivity index (χ0n) is 17.9. The van der Waals surface area contributed by atoms with Crippen molar-refractivity contribution < 1.29 is 153 Å². The molecule has 0 aromatic heterocycles. The Kier molecular flexibility index (Phi) is 11.9. The van der Waals surface area contributed by atoms with Crippen LogP contribution in [0.4, 0.5) is 74.6 Å². The Hall–Kier alpha value is -0.704. The average molecular weight is 667 g/mol. The summed E-state index contributed by atoms with van der Waals surface area (Å²) in [4.78, 5) is 21.4. The van der Waals surface area contributed by atoms with Gasteiger partial charge >= 0.3 is 114 Å². The Morgan fingerprint density at radius 2 is 0.974 bits per heavy atom. The minimum Gasteiger partial charge on any atom is -0.550 e. The molecular formula is C13H7F17KNO6S. The predicted octanol–water partition coefficient (Wildman–Crippen LogP) is -0.312. The van der Waals surface area contributed by atoms with E-state index in [1.54, 1.807) is 0 Å². The number of rotatable bonds is 12. The Morgan fingerprint density at radius 1 is 0.667 bits per heavy atom. The number of alkyl halides is 17. The van der Waals surface area contributed by atoms with Crippen LogP contribution in [-0.2, 0) is 23.9 Å². The maximum absolute atomic E-state index is 13.7. The zero-order chi connectivity index (χ0) is 31.4. The number of carboxylic acids is 1. The van der Waals surface area contributed by atoms with E-state index in [0.717, 1.165) is 0 Å². The van der Waals surface area contributed by atoms with Crippen molar-refractivity contribution >= 4 is 22.1 Å². The van der Waals surface area contributed by atoms with E-state index < -0.39 is 87.9 Å². The van der Waals surface area contributed by atoms with Crippen LogP contribution in [0.25, 0.3) is 0 Å². The van der Waals surface area contributed by atoms with Crippen LogP contribution in [0.5, 0.6) is 0 Å². The van der Waals surface area contributed by atoms with Gasteiger partial charge in [0.15, 0.2) is 0 Å². The molecule has 0 rings (SSSR count). The van der Waals surface area contributed by atoms with Crippen LogP contribution in [0, 0.1) is 0 Å². The summed E-state index contributed by atoms with van der Waals surface area (Å²) in [6.45, 7) is 0. The van der Waals surface area contributed by atoms with Gasteiger partial charge in [-0.15, -0.1) is 0 Å². The maximum Gasteiger partial charge on any atom is 1.00 e. The molecule has 0 saturated heterocycles. The fourth-order valence-corrected chi connectivity index (χ4v) is 2.81. The first-order valence-electron chi connectivity index (χ1n) is 8.37. The second-order valence-electron chi connectivity index (χ2n) is 6.83. The molecular weight excluding hydrogens is 660 g/mol. The van der Waals surface area contributed by atoms with E-state index in [0.29, 0.717) is 0 Å². The monoisotopic (exact) mass is 667 g/mol. The average Bonchev–Trinajstić information content (AvgIpc) is 2.69. The number of hydrogen-bond acceptors (Lipinski definition) is 7. The standard InChI is InChI=1S/C13H8F17NO6S.K/c14-6(15,8(18,19)10(22,23)12(26,27)28)7(16,17)9(20,21)11(24,25)13(29,30)38(35,36)37-5(34)3(31)1-2-4(32)33;/h3H,1-2,31H2,(H,32,33);/q;+1/p-1/t3-;/m0./s1. The molecule has 0 aromatic carbocycles. The van der Waals surface area contributed by atoms with Crippen LogP contribution in [0.2, 0.25) is 0 Å². The molecule has 0 heterocycles. The predicted molar refractivity (Wildman–Crippen MR) is 77.9 cm³/mol. The Bertz CT molecular complexity index is 1030. The minimum absolute atomic E-state index is 0. The number of hydrogen-bond donors (Lipinski definition) is 1. The third kappa shape index (κ3) is 6.39. The number of carbonyl (C=O) groups is 2. The molecule has 0 bridgehead atoms. The zero-order valence-corrected chi connectivity index (χ0v) is 21.8. The minimum atomic E-state index is -9.05. The van der Waals surface area contributed by atoms with Gasteiger partial charge in [0.1, 0.15) is 6.04 Å². The summed E-state index contributed by atoms with van der Waals surface area (Å²) >= 11 is 0. The van der Waals surface area contributed by atoms with Gasteiger partial charge in [-0.2, -0.15) is 83.1 Å².